The molecule has 8 nitrogen and oxygen atoms in total. The molecule has 0 spiro atoms. The van der Waals surface area contributed by atoms with Gasteiger partial charge < -0.3 is 20.2 Å². The second-order valence-electron chi connectivity index (χ2n) is 10.7. The molecule has 8 heteroatoms. The van der Waals surface area contributed by atoms with Crippen LogP contribution in [0.5, 0.6) is 0 Å². The minimum atomic E-state index is -0.357. The van der Waals surface area contributed by atoms with E-state index in [1.807, 2.05) is 51.2 Å². The number of aromatic nitrogens is 3. The third-order valence-electron chi connectivity index (χ3n) is 6.83. The Bertz CT molecular complexity index is 1400. The summed E-state index contributed by atoms with van der Waals surface area (Å²) in [6.07, 6.45) is 5.73. The van der Waals surface area contributed by atoms with Crippen molar-refractivity contribution >= 4 is 34.2 Å². The van der Waals surface area contributed by atoms with Crippen LogP contribution < -0.4 is 10.9 Å². The maximum absolute atomic E-state index is 13.2. The average molecular weight is 474 g/mol. The lowest BCUT2D eigenvalue weighted by Crippen LogP contribution is -2.40. The van der Waals surface area contributed by atoms with Crippen LogP contribution in [0.25, 0.3) is 16.6 Å². The largest absolute Gasteiger partial charge is 0.346 e. The van der Waals surface area contributed by atoms with Crippen LogP contribution in [0.3, 0.4) is 0 Å². The van der Waals surface area contributed by atoms with Gasteiger partial charge in [-0.25, -0.2) is 4.98 Å². The molecule has 0 aromatic carbocycles. The molecule has 0 bridgehead atoms. The Morgan fingerprint density at radius 2 is 1.94 bits per heavy atom. The van der Waals surface area contributed by atoms with E-state index < -0.39 is 0 Å². The van der Waals surface area contributed by atoms with Gasteiger partial charge in [0.25, 0.3) is 11.5 Å². The second-order valence-corrected chi connectivity index (χ2v) is 10.7. The van der Waals surface area contributed by atoms with Crippen LogP contribution in [-0.4, -0.2) is 44.8 Å². The molecular weight excluding hydrogens is 442 g/mol. The number of nitrogens with zero attached hydrogens (tertiary/aromatic N) is 2. The van der Waals surface area contributed by atoms with E-state index in [1.165, 1.54) is 0 Å². The smallest absolute Gasteiger partial charge is 0.261 e. The number of anilines is 1. The highest BCUT2D eigenvalue weighted by Gasteiger charge is 2.31. The third kappa shape index (κ3) is 4.52. The molecule has 1 aliphatic carbocycles. The molecule has 1 atom stereocenters. The number of pyridine rings is 2. The number of aromatic amines is 2. The molecule has 182 valence electrons. The molecule has 4 heterocycles. The Hall–Kier alpha value is -3.68. The van der Waals surface area contributed by atoms with E-state index in [4.69, 9.17) is 0 Å². The molecule has 2 aliphatic rings. The molecule has 1 saturated carbocycles. The zero-order valence-electron chi connectivity index (χ0n) is 20.6. The van der Waals surface area contributed by atoms with Crippen molar-refractivity contribution in [2.45, 2.75) is 46.0 Å². The van der Waals surface area contributed by atoms with Crippen LogP contribution in [0, 0.1) is 11.8 Å². The Kier molecular flexibility index (Phi) is 5.62. The highest BCUT2D eigenvalue weighted by Crippen LogP contribution is 2.35. The number of fused-ring (bicyclic) bond motifs is 1. The summed E-state index contributed by atoms with van der Waals surface area (Å²) in [6.45, 7) is 9.00. The Labute approximate surface area is 203 Å². The van der Waals surface area contributed by atoms with Crippen molar-refractivity contribution in [2.24, 2.45) is 11.8 Å². The van der Waals surface area contributed by atoms with Gasteiger partial charge in [-0.3, -0.25) is 14.4 Å². The molecule has 0 saturated heterocycles. The van der Waals surface area contributed by atoms with E-state index in [0.29, 0.717) is 24.6 Å². The van der Waals surface area contributed by atoms with Crippen molar-refractivity contribution < 1.29 is 9.59 Å². The standard InChI is InChI=1S/C27H31N5O3/c1-15-14-32(26(35)19-7-8-21(27(2,3)4)29-25(19)34)12-10-17(15)20-13-22(31-24(33)16-5-6-16)30-23-18(20)9-11-28-23/h7-11,13,15-16H,5-6,12,14H2,1-4H3,(H,29,34)(H2,28,30,31,33). The maximum atomic E-state index is 13.2. The van der Waals surface area contributed by atoms with Gasteiger partial charge in [0.2, 0.25) is 5.91 Å². The first-order valence-corrected chi connectivity index (χ1v) is 12.1. The number of carbonyl (C=O) groups excluding carboxylic acids is 2. The molecule has 1 fully saturated rings. The fourth-order valence-electron chi connectivity index (χ4n) is 4.62. The molecule has 1 unspecified atom stereocenters. The van der Waals surface area contributed by atoms with Gasteiger partial charge in [0.15, 0.2) is 0 Å². The first-order valence-electron chi connectivity index (χ1n) is 12.1. The first-order chi connectivity index (χ1) is 16.6. The normalized spacial score (nSPS) is 18.5. The summed E-state index contributed by atoms with van der Waals surface area (Å²) in [6, 6.07) is 7.35. The molecule has 1 aliphatic heterocycles. The highest BCUT2D eigenvalue weighted by molar-refractivity contribution is 5.98. The molecule has 0 radical (unpaired) electrons. The summed E-state index contributed by atoms with van der Waals surface area (Å²) < 4.78 is 0. The predicted molar refractivity (Wildman–Crippen MR) is 136 cm³/mol. The SMILES string of the molecule is CC1CN(C(=O)c2ccc(C(C)(C)C)[nH]c2=O)CC=C1c1cc(NC(=O)C2CC2)nc2[nH]ccc12. The lowest BCUT2D eigenvalue weighted by Gasteiger charge is -2.31. The Morgan fingerprint density at radius 1 is 1.17 bits per heavy atom. The van der Waals surface area contributed by atoms with Gasteiger partial charge in [0, 0.05) is 41.7 Å². The van der Waals surface area contributed by atoms with Crippen molar-refractivity contribution in [1.82, 2.24) is 19.9 Å². The van der Waals surface area contributed by atoms with Crippen molar-refractivity contribution in [3.8, 4) is 0 Å². The van der Waals surface area contributed by atoms with Gasteiger partial charge in [0.1, 0.15) is 17.0 Å². The zero-order valence-corrected chi connectivity index (χ0v) is 20.6. The van der Waals surface area contributed by atoms with Gasteiger partial charge in [-0.05, 0) is 54.2 Å². The zero-order chi connectivity index (χ0) is 24.9. The van der Waals surface area contributed by atoms with Gasteiger partial charge in [-0.1, -0.05) is 33.8 Å². The molecule has 3 aromatic heterocycles. The van der Waals surface area contributed by atoms with E-state index in [-0.39, 0.29) is 40.2 Å². The number of rotatable bonds is 4. The number of hydrogen-bond acceptors (Lipinski definition) is 4. The van der Waals surface area contributed by atoms with Gasteiger partial charge >= 0.3 is 0 Å². The van der Waals surface area contributed by atoms with E-state index >= 15 is 0 Å². The monoisotopic (exact) mass is 473 g/mol. The fourth-order valence-corrected chi connectivity index (χ4v) is 4.62. The summed E-state index contributed by atoms with van der Waals surface area (Å²) in [4.78, 5) is 50.5. The van der Waals surface area contributed by atoms with Crippen LogP contribution in [0.2, 0.25) is 0 Å². The maximum Gasteiger partial charge on any atom is 0.261 e. The highest BCUT2D eigenvalue weighted by atomic mass is 16.2. The summed E-state index contributed by atoms with van der Waals surface area (Å²) >= 11 is 0. The number of carbonyl (C=O) groups is 2. The van der Waals surface area contributed by atoms with Crippen molar-refractivity contribution in [3.05, 3.63) is 63.7 Å². The van der Waals surface area contributed by atoms with Crippen LogP contribution >= 0.6 is 0 Å². The minimum Gasteiger partial charge on any atom is -0.346 e. The molecule has 2 amide bonds. The van der Waals surface area contributed by atoms with Crippen molar-refractivity contribution in [1.29, 1.82) is 0 Å². The Morgan fingerprint density at radius 3 is 2.60 bits per heavy atom. The van der Waals surface area contributed by atoms with Gasteiger partial charge in [-0.15, -0.1) is 0 Å². The number of nitrogens with one attached hydrogen (secondary N) is 3. The molecule has 35 heavy (non-hydrogen) atoms. The summed E-state index contributed by atoms with van der Waals surface area (Å²) in [5.74, 6) is 0.400. The number of H-pyrrole nitrogens is 2. The third-order valence-corrected chi connectivity index (χ3v) is 6.83. The van der Waals surface area contributed by atoms with E-state index in [0.717, 1.165) is 35.1 Å². The predicted octanol–water partition coefficient (Wildman–Crippen LogP) is 4.07. The minimum absolute atomic E-state index is 0.0134. The second kappa shape index (κ2) is 8.52. The van der Waals surface area contributed by atoms with Crippen molar-refractivity contribution in [3.63, 3.8) is 0 Å². The van der Waals surface area contributed by atoms with Crippen LogP contribution in [0.4, 0.5) is 5.82 Å². The lowest BCUT2D eigenvalue weighted by atomic mass is 9.89. The topological polar surface area (TPSA) is 111 Å². The van der Waals surface area contributed by atoms with Crippen LogP contribution in [0.15, 0.2) is 41.3 Å². The Balaban J connectivity index is 1.41. The molecule has 3 aromatic rings. The summed E-state index contributed by atoms with van der Waals surface area (Å²) in [5, 5.41) is 3.92. The van der Waals surface area contributed by atoms with E-state index in [9.17, 15) is 14.4 Å². The van der Waals surface area contributed by atoms with Gasteiger partial charge in [0.05, 0.1) is 0 Å². The molecule has 3 N–H and O–H groups in total. The molecular formula is C27H31N5O3. The number of amides is 2. The quantitative estimate of drug-likeness (QED) is 0.530. The summed E-state index contributed by atoms with van der Waals surface area (Å²) in [7, 11) is 0. The van der Waals surface area contributed by atoms with Gasteiger partial charge in [-0.2, -0.15) is 0 Å². The van der Waals surface area contributed by atoms with Crippen LogP contribution in [0.1, 0.15) is 62.2 Å². The fraction of sp³-hybridized carbons (Fsp3) is 0.407. The number of hydrogen-bond donors (Lipinski definition) is 3. The van der Waals surface area contributed by atoms with Crippen LogP contribution in [-0.2, 0) is 10.2 Å². The van der Waals surface area contributed by atoms with E-state index in [1.54, 1.807) is 11.0 Å². The summed E-state index contributed by atoms with van der Waals surface area (Å²) in [5.41, 5.74) is 3.20. The van der Waals surface area contributed by atoms with Crippen molar-refractivity contribution in [2.75, 3.05) is 18.4 Å². The average Bonchev–Trinajstić information content (AvgIpc) is 3.55. The molecule has 5 rings (SSSR count). The first kappa shape index (κ1) is 23.1. The van der Waals surface area contributed by atoms with E-state index in [2.05, 4.69) is 27.2 Å². The lowest BCUT2D eigenvalue weighted by molar-refractivity contribution is -0.117.